The molecule has 1 unspecified atom stereocenters. The number of fused-ring (bicyclic) bond motifs is 1. The average Bonchev–Trinajstić information content (AvgIpc) is 3.59. The SMILES string of the molecule is CCOC(=O)c1c(C2CC2)cn(COCC[Si](C)(C)C)c1C(Nc1cc(C)c2nnn(C)c2n1)c1ccc(Cl)cc1. The highest BCUT2D eigenvalue weighted by molar-refractivity contribution is 6.76. The number of anilines is 1. The summed E-state index contributed by atoms with van der Waals surface area (Å²) in [5.41, 5.74) is 5.74. The topological polar surface area (TPSA) is 96.1 Å². The summed E-state index contributed by atoms with van der Waals surface area (Å²) >= 11 is 6.30. The van der Waals surface area contributed by atoms with Gasteiger partial charge in [-0.2, -0.15) is 0 Å². The molecule has 0 aliphatic heterocycles. The van der Waals surface area contributed by atoms with E-state index >= 15 is 0 Å². The largest absolute Gasteiger partial charge is 0.462 e. The van der Waals surface area contributed by atoms with Crippen LogP contribution in [0.3, 0.4) is 0 Å². The maximum atomic E-state index is 13.6. The average molecular weight is 595 g/mol. The third kappa shape index (κ3) is 6.66. The van der Waals surface area contributed by atoms with Crippen molar-refractivity contribution >= 4 is 42.6 Å². The van der Waals surface area contributed by atoms with Crippen LogP contribution in [0.25, 0.3) is 11.2 Å². The number of pyridine rings is 1. The van der Waals surface area contributed by atoms with Gasteiger partial charge in [-0.25, -0.2) is 14.5 Å². The summed E-state index contributed by atoms with van der Waals surface area (Å²) in [6.45, 7) is 12.1. The molecule has 1 N–H and O–H groups in total. The van der Waals surface area contributed by atoms with Crippen molar-refractivity contribution in [3.8, 4) is 0 Å². The first-order chi connectivity index (χ1) is 19.6. The second-order valence-electron chi connectivity index (χ2n) is 12.0. The Labute approximate surface area is 247 Å². The molecule has 1 atom stereocenters. The fourth-order valence-electron chi connectivity index (χ4n) is 5.02. The van der Waals surface area contributed by atoms with Gasteiger partial charge < -0.3 is 19.4 Å². The van der Waals surface area contributed by atoms with E-state index in [0.717, 1.165) is 46.8 Å². The highest BCUT2D eigenvalue weighted by atomic mass is 35.5. The number of carbonyl (C=O) groups is 1. The minimum Gasteiger partial charge on any atom is -0.462 e. The van der Waals surface area contributed by atoms with Gasteiger partial charge in [-0.15, -0.1) is 5.10 Å². The number of hydrogen-bond acceptors (Lipinski definition) is 7. The zero-order valence-corrected chi connectivity index (χ0v) is 26.5. The van der Waals surface area contributed by atoms with Crippen molar-refractivity contribution in [1.82, 2.24) is 24.5 Å². The van der Waals surface area contributed by atoms with Gasteiger partial charge in [0.2, 0.25) is 0 Å². The molecule has 3 heterocycles. The van der Waals surface area contributed by atoms with Crippen molar-refractivity contribution in [3.63, 3.8) is 0 Å². The molecule has 4 aromatic rings. The smallest absolute Gasteiger partial charge is 0.340 e. The van der Waals surface area contributed by atoms with Gasteiger partial charge in [-0.1, -0.05) is 48.6 Å². The number of nitrogens with zero attached hydrogens (tertiary/aromatic N) is 5. The van der Waals surface area contributed by atoms with E-state index in [1.54, 1.807) is 4.68 Å². The first-order valence-electron chi connectivity index (χ1n) is 14.2. The van der Waals surface area contributed by atoms with Crippen LogP contribution in [-0.4, -0.2) is 51.8 Å². The van der Waals surface area contributed by atoms with Crippen LogP contribution in [0.15, 0.2) is 36.5 Å². The van der Waals surface area contributed by atoms with Gasteiger partial charge in [0.25, 0.3) is 0 Å². The molecule has 1 aliphatic carbocycles. The summed E-state index contributed by atoms with van der Waals surface area (Å²) in [7, 11) is 0.563. The molecule has 1 aliphatic rings. The highest BCUT2D eigenvalue weighted by Gasteiger charge is 2.36. The Bertz CT molecular complexity index is 1540. The van der Waals surface area contributed by atoms with E-state index in [9.17, 15) is 4.79 Å². The lowest BCUT2D eigenvalue weighted by Crippen LogP contribution is -2.24. The van der Waals surface area contributed by atoms with Gasteiger partial charge >= 0.3 is 5.97 Å². The van der Waals surface area contributed by atoms with Crippen LogP contribution in [0, 0.1) is 6.92 Å². The van der Waals surface area contributed by atoms with Crippen LogP contribution in [0.2, 0.25) is 30.7 Å². The minimum absolute atomic E-state index is 0.296. The summed E-state index contributed by atoms with van der Waals surface area (Å²) < 4.78 is 15.6. The van der Waals surface area contributed by atoms with Crippen molar-refractivity contribution in [1.29, 1.82) is 0 Å². The number of benzene rings is 1. The first kappa shape index (κ1) is 29.3. The number of nitrogens with one attached hydrogen (secondary N) is 1. The van der Waals surface area contributed by atoms with Crippen molar-refractivity contribution in [2.24, 2.45) is 7.05 Å². The Kier molecular flexibility index (Phi) is 8.54. The van der Waals surface area contributed by atoms with Gasteiger partial charge in [0.15, 0.2) is 5.65 Å². The molecule has 9 nitrogen and oxygen atoms in total. The molecule has 11 heteroatoms. The minimum atomic E-state index is -1.26. The molecule has 0 saturated heterocycles. The summed E-state index contributed by atoms with van der Waals surface area (Å²) in [6, 6.07) is 10.3. The van der Waals surface area contributed by atoms with Gasteiger partial charge in [0.05, 0.1) is 23.9 Å². The molecule has 1 fully saturated rings. The quantitative estimate of drug-likeness (QED) is 0.111. The van der Waals surface area contributed by atoms with Crippen molar-refractivity contribution in [2.75, 3.05) is 18.5 Å². The summed E-state index contributed by atoms with van der Waals surface area (Å²) in [4.78, 5) is 18.5. The normalized spacial score (nSPS) is 14.4. The highest BCUT2D eigenvalue weighted by Crippen LogP contribution is 2.45. The van der Waals surface area contributed by atoms with Gasteiger partial charge in [0.1, 0.15) is 18.1 Å². The van der Waals surface area contributed by atoms with Gasteiger partial charge in [-0.3, -0.25) is 0 Å². The number of aryl methyl sites for hydroxylation is 2. The maximum Gasteiger partial charge on any atom is 0.340 e. The molecule has 3 aromatic heterocycles. The predicted octanol–water partition coefficient (Wildman–Crippen LogP) is 6.69. The van der Waals surface area contributed by atoms with Crippen molar-refractivity contribution in [3.05, 3.63) is 69.5 Å². The van der Waals surface area contributed by atoms with Crippen LogP contribution in [0.1, 0.15) is 64.5 Å². The Balaban J connectivity index is 1.64. The molecule has 5 rings (SSSR count). The van der Waals surface area contributed by atoms with Crippen molar-refractivity contribution < 1.29 is 14.3 Å². The number of hydrogen-bond donors (Lipinski definition) is 1. The Morgan fingerprint density at radius 2 is 1.95 bits per heavy atom. The van der Waals surface area contributed by atoms with E-state index < -0.39 is 14.1 Å². The molecule has 0 amide bonds. The number of carbonyl (C=O) groups excluding carboxylic acids is 1. The van der Waals surface area contributed by atoms with E-state index in [1.807, 2.05) is 51.2 Å². The second kappa shape index (κ2) is 12.0. The lowest BCUT2D eigenvalue weighted by molar-refractivity contribution is 0.0521. The maximum absolute atomic E-state index is 13.6. The number of aromatic nitrogens is 5. The molecule has 0 spiro atoms. The number of halogens is 1. The van der Waals surface area contributed by atoms with Crippen LogP contribution in [-0.2, 0) is 23.3 Å². The van der Waals surface area contributed by atoms with E-state index in [-0.39, 0.29) is 5.97 Å². The van der Waals surface area contributed by atoms with Crippen LogP contribution in [0.4, 0.5) is 5.82 Å². The molecule has 0 radical (unpaired) electrons. The third-order valence-corrected chi connectivity index (χ3v) is 9.35. The molecular weight excluding hydrogens is 556 g/mol. The monoisotopic (exact) mass is 594 g/mol. The molecule has 0 bridgehead atoms. The van der Waals surface area contributed by atoms with E-state index in [0.29, 0.717) is 47.9 Å². The van der Waals surface area contributed by atoms with E-state index in [2.05, 4.69) is 46.0 Å². The lowest BCUT2D eigenvalue weighted by atomic mass is 9.97. The zero-order valence-electron chi connectivity index (χ0n) is 24.7. The van der Waals surface area contributed by atoms with E-state index in [4.69, 9.17) is 26.1 Å². The Morgan fingerprint density at radius 3 is 2.61 bits per heavy atom. The molecule has 218 valence electrons. The molecule has 41 heavy (non-hydrogen) atoms. The molecule has 1 saturated carbocycles. The van der Waals surface area contributed by atoms with Crippen LogP contribution < -0.4 is 5.32 Å². The number of ether oxygens (including phenoxy) is 2. The Hall–Kier alpha value is -3.21. The fourth-order valence-corrected chi connectivity index (χ4v) is 5.90. The second-order valence-corrected chi connectivity index (χ2v) is 18.1. The predicted molar refractivity (Wildman–Crippen MR) is 164 cm³/mol. The standard InChI is InChI=1S/C30H39ClN6O3Si/c1-7-40-30(38)25-23(20-8-9-20)17-37(18-39-14-15-41(4,5)6)28(25)27(21-10-12-22(31)13-11-21)32-24-16-19(2)26-29(33-24)36(3)35-34-26/h10-13,16-17,20,27H,7-9,14-15,18H2,1-6H3,(H,32,33). The fraction of sp³-hybridized carbons (Fsp3) is 0.467. The number of esters is 1. The Morgan fingerprint density at radius 1 is 1.22 bits per heavy atom. The summed E-state index contributed by atoms with van der Waals surface area (Å²) in [6.07, 6.45) is 4.19. The molecule has 1 aromatic carbocycles. The zero-order chi connectivity index (χ0) is 29.3. The van der Waals surface area contributed by atoms with Crippen LogP contribution in [0.5, 0.6) is 0 Å². The molecular formula is C30H39ClN6O3Si. The lowest BCUT2D eigenvalue weighted by Gasteiger charge is -2.24. The third-order valence-electron chi connectivity index (χ3n) is 7.39. The number of rotatable bonds is 12. The van der Waals surface area contributed by atoms with Crippen molar-refractivity contribution in [2.45, 2.75) is 71.1 Å². The summed E-state index contributed by atoms with van der Waals surface area (Å²) in [5.74, 6) is 0.663. The van der Waals surface area contributed by atoms with E-state index in [1.165, 1.54) is 0 Å². The van der Waals surface area contributed by atoms with Crippen LogP contribution >= 0.6 is 11.6 Å². The summed E-state index contributed by atoms with van der Waals surface area (Å²) in [5, 5.41) is 12.7. The van der Waals surface area contributed by atoms with Gasteiger partial charge in [-0.05, 0) is 73.5 Å². The first-order valence-corrected chi connectivity index (χ1v) is 18.3. The van der Waals surface area contributed by atoms with Gasteiger partial charge in [0, 0.05) is 32.9 Å².